The van der Waals surface area contributed by atoms with Gasteiger partial charge in [-0.2, -0.15) is 4.37 Å². The molecule has 2 rings (SSSR count). The monoisotopic (exact) mass is 249 g/mol. The molecule has 0 unspecified atom stereocenters. The van der Waals surface area contributed by atoms with Gasteiger partial charge in [-0.15, -0.1) is 0 Å². The van der Waals surface area contributed by atoms with E-state index in [1.165, 1.54) is 11.5 Å². The lowest BCUT2D eigenvalue weighted by atomic mass is 10.1. The van der Waals surface area contributed by atoms with Crippen LogP contribution in [0, 0.1) is 6.92 Å². The molecule has 3 nitrogen and oxygen atoms in total. The molecule has 0 atom stereocenters. The van der Waals surface area contributed by atoms with E-state index in [9.17, 15) is 0 Å². The summed E-state index contributed by atoms with van der Waals surface area (Å²) >= 11 is 6.29. The first-order chi connectivity index (χ1) is 7.65. The average Bonchev–Trinajstić information content (AvgIpc) is 2.64. The number of hydrogen-bond acceptors (Lipinski definition) is 3. The summed E-state index contributed by atoms with van der Waals surface area (Å²) in [4.78, 5) is 1.14. The molecule has 3 N–H and O–H groups in total. The Labute approximate surface area is 103 Å². The van der Waals surface area contributed by atoms with Gasteiger partial charge in [0.15, 0.2) is 5.11 Å². The predicted molar refractivity (Wildman–Crippen MR) is 72.7 cm³/mol. The molecule has 0 saturated heterocycles. The number of anilines is 1. The Morgan fingerprint density at radius 1 is 1.44 bits per heavy atom. The number of hydrogen-bond donors (Lipinski definition) is 2. The Balaban J connectivity index is 2.32. The van der Waals surface area contributed by atoms with Crippen LogP contribution in [0.4, 0.5) is 5.69 Å². The summed E-state index contributed by atoms with van der Waals surface area (Å²) < 4.78 is 4.25. The van der Waals surface area contributed by atoms with Crippen LogP contribution in [-0.4, -0.2) is 9.49 Å². The van der Waals surface area contributed by atoms with Crippen molar-refractivity contribution in [3.05, 3.63) is 36.0 Å². The number of benzene rings is 1. The summed E-state index contributed by atoms with van der Waals surface area (Å²) in [6, 6.07) is 10.00. The highest BCUT2D eigenvalue weighted by Gasteiger charge is 2.02. The second kappa shape index (κ2) is 4.59. The summed E-state index contributed by atoms with van der Waals surface area (Å²) in [6.45, 7) is 1.98. The van der Waals surface area contributed by atoms with Gasteiger partial charge in [0.05, 0.1) is 10.6 Å². The van der Waals surface area contributed by atoms with Gasteiger partial charge in [-0.3, -0.25) is 0 Å². The molecule has 2 aromatic rings. The maximum Gasteiger partial charge on any atom is 0.168 e. The van der Waals surface area contributed by atoms with Crippen molar-refractivity contribution in [3.63, 3.8) is 0 Å². The summed E-state index contributed by atoms with van der Waals surface area (Å²) in [6.07, 6.45) is 0. The molecular formula is C11H11N3S2. The van der Waals surface area contributed by atoms with Crippen molar-refractivity contribution >= 4 is 34.6 Å². The fourth-order valence-electron chi connectivity index (χ4n) is 1.39. The molecule has 0 amide bonds. The van der Waals surface area contributed by atoms with Crippen LogP contribution in [0.15, 0.2) is 30.3 Å². The summed E-state index contributed by atoms with van der Waals surface area (Å²) in [5.41, 5.74) is 8.48. The van der Waals surface area contributed by atoms with Gasteiger partial charge in [-0.1, -0.05) is 12.1 Å². The van der Waals surface area contributed by atoms with E-state index >= 15 is 0 Å². The maximum atomic E-state index is 5.43. The van der Waals surface area contributed by atoms with E-state index in [0.717, 1.165) is 21.8 Å². The van der Waals surface area contributed by atoms with Gasteiger partial charge in [0.25, 0.3) is 0 Å². The van der Waals surface area contributed by atoms with Crippen LogP contribution in [-0.2, 0) is 0 Å². The molecule has 1 aromatic carbocycles. The first kappa shape index (κ1) is 11.0. The molecule has 16 heavy (non-hydrogen) atoms. The van der Waals surface area contributed by atoms with E-state index in [-0.39, 0.29) is 5.11 Å². The fourth-order valence-corrected chi connectivity index (χ4v) is 2.26. The molecule has 0 aliphatic carbocycles. The zero-order valence-corrected chi connectivity index (χ0v) is 10.4. The summed E-state index contributed by atoms with van der Waals surface area (Å²) in [5, 5.41) is 3.19. The van der Waals surface area contributed by atoms with E-state index in [0.29, 0.717) is 0 Å². The molecule has 1 heterocycles. The zero-order valence-electron chi connectivity index (χ0n) is 8.73. The average molecular weight is 249 g/mol. The van der Waals surface area contributed by atoms with Crippen molar-refractivity contribution in [3.8, 4) is 10.4 Å². The first-order valence-electron chi connectivity index (χ1n) is 4.75. The zero-order chi connectivity index (χ0) is 11.5. The van der Waals surface area contributed by atoms with E-state index in [2.05, 4.69) is 15.8 Å². The molecule has 0 bridgehead atoms. The van der Waals surface area contributed by atoms with Crippen molar-refractivity contribution in [2.75, 3.05) is 5.32 Å². The normalized spacial score (nSPS) is 10.1. The van der Waals surface area contributed by atoms with Crippen molar-refractivity contribution < 1.29 is 0 Å². The van der Waals surface area contributed by atoms with Gasteiger partial charge in [0.2, 0.25) is 0 Å². The predicted octanol–water partition coefficient (Wildman–Crippen LogP) is 2.77. The lowest BCUT2D eigenvalue weighted by molar-refractivity contribution is 1.35. The molecule has 82 valence electrons. The van der Waals surface area contributed by atoms with Crippen LogP contribution in [0.2, 0.25) is 0 Å². The molecule has 0 fully saturated rings. The molecular weight excluding hydrogens is 238 g/mol. The Morgan fingerprint density at radius 2 is 2.25 bits per heavy atom. The number of thiocarbonyl (C=S) groups is 1. The van der Waals surface area contributed by atoms with Crippen molar-refractivity contribution in [1.29, 1.82) is 0 Å². The van der Waals surface area contributed by atoms with Gasteiger partial charge >= 0.3 is 0 Å². The van der Waals surface area contributed by atoms with E-state index in [1.807, 2.05) is 31.2 Å². The van der Waals surface area contributed by atoms with E-state index < -0.39 is 0 Å². The third kappa shape index (κ3) is 2.56. The number of nitrogens with two attached hydrogens (primary N) is 1. The van der Waals surface area contributed by atoms with Crippen LogP contribution in [0.5, 0.6) is 0 Å². The third-order valence-electron chi connectivity index (χ3n) is 2.04. The smallest absolute Gasteiger partial charge is 0.168 e. The van der Waals surface area contributed by atoms with Gasteiger partial charge in [-0.25, -0.2) is 0 Å². The number of aromatic nitrogens is 1. The largest absolute Gasteiger partial charge is 0.376 e. The molecule has 0 spiro atoms. The maximum absolute atomic E-state index is 5.43. The highest BCUT2D eigenvalue weighted by Crippen LogP contribution is 2.26. The van der Waals surface area contributed by atoms with Crippen molar-refractivity contribution in [2.24, 2.45) is 5.73 Å². The van der Waals surface area contributed by atoms with Gasteiger partial charge in [0, 0.05) is 5.69 Å². The van der Waals surface area contributed by atoms with Gasteiger partial charge in [-0.05, 0) is 54.4 Å². The van der Waals surface area contributed by atoms with Crippen LogP contribution < -0.4 is 11.1 Å². The van der Waals surface area contributed by atoms with Gasteiger partial charge < -0.3 is 11.1 Å². The minimum absolute atomic E-state index is 0.276. The third-order valence-corrected chi connectivity index (χ3v) is 3.07. The molecule has 1 aromatic heterocycles. The first-order valence-corrected chi connectivity index (χ1v) is 5.93. The molecule has 0 radical (unpaired) electrons. The minimum Gasteiger partial charge on any atom is -0.376 e. The van der Waals surface area contributed by atoms with E-state index in [1.54, 1.807) is 0 Å². The van der Waals surface area contributed by atoms with Crippen LogP contribution in [0.25, 0.3) is 10.4 Å². The molecule has 0 aliphatic heterocycles. The summed E-state index contributed by atoms with van der Waals surface area (Å²) in [7, 11) is 0. The molecule has 0 aliphatic rings. The number of aryl methyl sites for hydroxylation is 1. The highest BCUT2D eigenvalue weighted by molar-refractivity contribution is 7.80. The quantitative estimate of drug-likeness (QED) is 0.804. The van der Waals surface area contributed by atoms with Crippen LogP contribution >= 0.6 is 23.8 Å². The SMILES string of the molecule is Cc1cc(-c2cccc(NC(N)=S)c2)sn1. The standard InChI is InChI=1S/C11H11N3S2/c1-7-5-10(16-14-7)8-3-2-4-9(6-8)13-11(12)15/h2-6H,1H3,(H3,12,13,15). The minimum atomic E-state index is 0.276. The Kier molecular flexibility index (Phi) is 3.17. The lowest BCUT2D eigenvalue weighted by Crippen LogP contribution is -2.18. The topological polar surface area (TPSA) is 50.9 Å². The molecule has 5 heteroatoms. The second-order valence-electron chi connectivity index (χ2n) is 3.40. The number of rotatable bonds is 2. The van der Waals surface area contributed by atoms with Crippen LogP contribution in [0.1, 0.15) is 5.69 Å². The summed E-state index contributed by atoms with van der Waals surface area (Å²) in [5.74, 6) is 0. The van der Waals surface area contributed by atoms with Crippen LogP contribution in [0.3, 0.4) is 0 Å². The van der Waals surface area contributed by atoms with Crippen molar-refractivity contribution in [1.82, 2.24) is 4.37 Å². The fraction of sp³-hybridized carbons (Fsp3) is 0.0909. The second-order valence-corrected chi connectivity index (χ2v) is 4.65. The highest BCUT2D eigenvalue weighted by atomic mass is 32.1. The van der Waals surface area contributed by atoms with E-state index in [4.69, 9.17) is 18.0 Å². The Hall–Kier alpha value is -1.46. The molecule has 0 saturated carbocycles. The number of nitrogens with zero attached hydrogens (tertiary/aromatic N) is 1. The Morgan fingerprint density at radius 3 is 2.88 bits per heavy atom. The number of nitrogens with one attached hydrogen (secondary N) is 1. The Bertz CT molecular complexity index is 519. The lowest BCUT2D eigenvalue weighted by Gasteiger charge is -2.04. The van der Waals surface area contributed by atoms with Gasteiger partial charge in [0.1, 0.15) is 0 Å². The van der Waals surface area contributed by atoms with Crippen molar-refractivity contribution in [2.45, 2.75) is 6.92 Å².